The summed E-state index contributed by atoms with van der Waals surface area (Å²) in [5.74, 6) is 0.304. The first-order chi connectivity index (χ1) is 8.92. The van der Waals surface area contributed by atoms with Gasteiger partial charge in [0, 0.05) is 23.3 Å². The van der Waals surface area contributed by atoms with Crippen molar-refractivity contribution in [1.82, 2.24) is 10.2 Å². The molecule has 1 aliphatic heterocycles. The maximum atomic E-state index is 12.2. The van der Waals surface area contributed by atoms with Crippen LogP contribution in [0.1, 0.15) is 11.3 Å². The lowest BCUT2D eigenvalue weighted by molar-refractivity contribution is -0.143. The minimum absolute atomic E-state index is 0.304. The summed E-state index contributed by atoms with van der Waals surface area (Å²) in [4.78, 5) is 2.63. The summed E-state index contributed by atoms with van der Waals surface area (Å²) in [5, 5.41) is 5.89. The second-order valence-corrected chi connectivity index (χ2v) is 6.30. The largest absolute Gasteiger partial charge is 0.401 e. The highest BCUT2D eigenvalue weighted by Gasteiger charge is 2.34. The Morgan fingerprint density at radius 1 is 1.47 bits per heavy atom. The minimum atomic E-state index is -4.09. The summed E-state index contributed by atoms with van der Waals surface area (Å²) < 4.78 is 36.7. The molecule has 1 aromatic rings. The number of thiophene rings is 1. The summed E-state index contributed by atoms with van der Waals surface area (Å²) in [5.41, 5.74) is 0. The van der Waals surface area contributed by atoms with Crippen LogP contribution in [0.3, 0.4) is 0 Å². The molecule has 1 unspecified atom stereocenters. The number of nitrogens with one attached hydrogen (secondary N) is 1. The summed E-state index contributed by atoms with van der Waals surface area (Å²) in [6.45, 7) is 1.76. The van der Waals surface area contributed by atoms with Gasteiger partial charge in [-0.2, -0.15) is 13.2 Å². The average Bonchev–Trinajstić information content (AvgIpc) is 2.86. The molecule has 1 fully saturated rings. The molecule has 7 heteroatoms. The van der Waals surface area contributed by atoms with E-state index in [1.807, 2.05) is 11.4 Å². The molecule has 1 N–H and O–H groups in total. The van der Waals surface area contributed by atoms with Crippen molar-refractivity contribution in [2.45, 2.75) is 19.1 Å². The first-order valence-electron chi connectivity index (χ1n) is 6.15. The zero-order valence-corrected chi connectivity index (χ0v) is 11.9. The Labute approximate surface area is 119 Å². The van der Waals surface area contributed by atoms with Crippen molar-refractivity contribution in [1.29, 1.82) is 0 Å². The second kappa shape index (κ2) is 6.43. The van der Waals surface area contributed by atoms with E-state index in [9.17, 15) is 13.2 Å². The topological polar surface area (TPSA) is 15.3 Å². The van der Waals surface area contributed by atoms with Crippen LogP contribution in [0.4, 0.5) is 13.2 Å². The van der Waals surface area contributed by atoms with E-state index in [0.717, 1.165) is 29.4 Å². The molecule has 1 saturated heterocycles. The average molecular weight is 313 g/mol. The molecule has 0 spiro atoms. The van der Waals surface area contributed by atoms with E-state index in [4.69, 9.17) is 11.6 Å². The van der Waals surface area contributed by atoms with Gasteiger partial charge in [0.25, 0.3) is 0 Å². The van der Waals surface area contributed by atoms with E-state index in [-0.39, 0.29) is 0 Å². The minimum Gasteiger partial charge on any atom is -0.312 e. The second-order valence-electron chi connectivity index (χ2n) is 4.87. The molecule has 1 atom stereocenters. The summed E-state index contributed by atoms with van der Waals surface area (Å²) >= 11 is 7.40. The van der Waals surface area contributed by atoms with Crippen molar-refractivity contribution < 1.29 is 13.2 Å². The predicted molar refractivity (Wildman–Crippen MR) is 71.6 cm³/mol. The van der Waals surface area contributed by atoms with Crippen LogP contribution in [0.15, 0.2) is 11.4 Å². The van der Waals surface area contributed by atoms with Crippen LogP contribution in [-0.2, 0) is 6.54 Å². The number of hydrogen-bond acceptors (Lipinski definition) is 3. The standard InChI is InChI=1S/C12H16ClF3N2S/c13-10-3-11(19-7-10)5-17-4-9-1-2-18(6-9)8-12(14,15)16/h3,7,9,17H,1-2,4-6,8H2. The number of rotatable bonds is 5. The number of alkyl halides is 3. The molecule has 2 heterocycles. The molecule has 2 rings (SSSR count). The van der Waals surface area contributed by atoms with E-state index in [1.54, 1.807) is 11.3 Å². The van der Waals surface area contributed by atoms with Crippen LogP contribution in [0, 0.1) is 5.92 Å². The highest BCUT2D eigenvalue weighted by atomic mass is 35.5. The lowest BCUT2D eigenvalue weighted by Gasteiger charge is -2.17. The van der Waals surface area contributed by atoms with Crippen molar-refractivity contribution in [2.24, 2.45) is 5.92 Å². The Morgan fingerprint density at radius 2 is 2.26 bits per heavy atom. The first kappa shape index (κ1) is 15.1. The molecule has 2 nitrogen and oxygen atoms in total. The van der Waals surface area contributed by atoms with Gasteiger partial charge >= 0.3 is 6.18 Å². The van der Waals surface area contributed by atoms with E-state index < -0.39 is 12.7 Å². The smallest absolute Gasteiger partial charge is 0.312 e. The Bertz CT molecular complexity index is 408. The highest BCUT2D eigenvalue weighted by Crippen LogP contribution is 2.23. The van der Waals surface area contributed by atoms with Gasteiger partial charge in [-0.3, -0.25) is 4.90 Å². The number of halogens is 4. The van der Waals surface area contributed by atoms with Crippen LogP contribution in [0.5, 0.6) is 0 Å². The van der Waals surface area contributed by atoms with E-state index >= 15 is 0 Å². The summed E-state index contributed by atoms with van der Waals surface area (Å²) in [7, 11) is 0. The third-order valence-electron chi connectivity index (χ3n) is 3.13. The number of nitrogens with zero attached hydrogens (tertiary/aromatic N) is 1. The fourth-order valence-electron chi connectivity index (χ4n) is 2.32. The molecular formula is C12H16ClF3N2S. The van der Waals surface area contributed by atoms with Gasteiger partial charge in [0.15, 0.2) is 0 Å². The highest BCUT2D eigenvalue weighted by molar-refractivity contribution is 7.10. The summed E-state index contributed by atoms with van der Waals surface area (Å²) in [6, 6.07) is 1.91. The zero-order valence-electron chi connectivity index (χ0n) is 10.3. The molecule has 1 aromatic heterocycles. The first-order valence-corrected chi connectivity index (χ1v) is 7.41. The molecule has 1 aliphatic rings. The van der Waals surface area contributed by atoms with Gasteiger partial charge in [-0.1, -0.05) is 11.6 Å². The van der Waals surface area contributed by atoms with Gasteiger partial charge in [0.05, 0.1) is 11.6 Å². The number of likely N-dealkylation sites (tertiary alicyclic amines) is 1. The molecule has 0 bridgehead atoms. The molecular weight excluding hydrogens is 297 g/mol. The summed E-state index contributed by atoms with van der Waals surface area (Å²) in [6.07, 6.45) is -3.26. The van der Waals surface area contributed by atoms with Crippen LogP contribution in [-0.4, -0.2) is 37.3 Å². The van der Waals surface area contributed by atoms with Gasteiger partial charge in [0.1, 0.15) is 0 Å². The fraction of sp³-hybridized carbons (Fsp3) is 0.667. The zero-order chi connectivity index (χ0) is 13.9. The lowest BCUT2D eigenvalue weighted by atomic mass is 10.1. The maximum absolute atomic E-state index is 12.2. The predicted octanol–water partition coefficient (Wildman–Crippen LogP) is 3.38. The van der Waals surface area contributed by atoms with Gasteiger partial charge in [-0.25, -0.2) is 0 Å². The van der Waals surface area contributed by atoms with Gasteiger partial charge in [0.2, 0.25) is 0 Å². The number of hydrogen-bond donors (Lipinski definition) is 1. The van der Waals surface area contributed by atoms with Gasteiger partial charge in [-0.05, 0) is 31.5 Å². The van der Waals surface area contributed by atoms with Crippen LogP contribution in [0.25, 0.3) is 0 Å². The van der Waals surface area contributed by atoms with E-state index in [1.165, 1.54) is 4.90 Å². The molecule has 0 aromatic carbocycles. The van der Waals surface area contributed by atoms with Crippen molar-refractivity contribution in [3.05, 3.63) is 21.3 Å². The van der Waals surface area contributed by atoms with Crippen molar-refractivity contribution in [3.8, 4) is 0 Å². The molecule has 0 radical (unpaired) electrons. The van der Waals surface area contributed by atoms with Gasteiger partial charge in [-0.15, -0.1) is 11.3 Å². The molecule has 0 amide bonds. The van der Waals surface area contributed by atoms with Crippen LogP contribution < -0.4 is 5.32 Å². The Balaban J connectivity index is 1.65. The van der Waals surface area contributed by atoms with Crippen molar-refractivity contribution in [2.75, 3.05) is 26.2 Å². The van der Waals surface area contributed by atoms with Crippen molar-refractivity contribution in [3.63, 3.8) is 0 Å². The van der Waals surface area contributed by atoms with Gasteiger partial charge < -0.3 is 5.32 Å². The molecule has 108 valence electrons. The Morgan fingerprint density at radius 3 is 2.89 bits per heavy atom. The SMILES string of the molecule is FC(F)(F)CN1CCC(CNCc2cc(Cl)cs2)C1. The Hall–Kier alpha value is -0.300. The Kier molecular flexibility index (Phi) is 5.11. The van der Waals surface area contributed by atoms with E-state index in [0.29, 0.717) is 19.0 Å². The van der Waals surface area contributed by atoms with Crippen molar-refractivity contribution >= 4 is 22.9 Å². The quantitative estimate of drug-likeness (QED) is 0.896. The van der Waals surface area contributed by atoms with E-state index in [2.05, 4.69) is 5.32 Å². The maximum Gasteiger partial charge on any atom is 0.401 e. The third-order valence-corrected chi connectivity index (χ3v) is 4.41. The molecule has 0 saturated carbocycles. The normalized spacial score (nSPS) is 21.2. The lowest BCUT2D eigenvalue weighted by Crippen LogP contribution is -2.33. The fourth-order valence-corrected chi connectivity index (χ4v) is 3.37. The third kappa shape index (κ3) is 5.30. The molecule has 19 heavy (non-hydrogen) atoms. The monoisotopic (exact) mass is 312 g/mol. The van der Waals surface area contributed by atoms with Crippen LogP contribution >= 0.6 is 22.9 Å². The molecule has 0 aliphatic carbocycles. The van der Waals surface area contributed by atoms with Crippen LogP contribution in [0.2, 0.25) is 5.02 Å².